The summed E-state index contributed by atoms with van der Waals surface area (Å²) in [7, 11) is 0. The summed E-state index contributed by atoms with van der Waals surface area (Å²) in [6.07, 6.45) is 2.60. The predicted octanol–water partition coefficient (Wildman–Crippen LogP) is 5.13. The number of hydrogen-bond donors (Lipinski definition) is 2. The van der Waals surface area contributed by atoms with Crippen LogP contribution in [0.3, 0.4) is 0 Å². The zero-order valence-corrected chi connectivity index (χ0v) is 15.0. The molecule has 2 aromatic heterocycles. The van der Waals surface area contributed by atoms with Crippen LogP contribution in [0.5, 0.6) is 5.75 Å². The van der Waals surface area contributed by atoms with Crippen LogP contribution in [0.25, 0.3) is 33.1 Å². The van der Waals surface area contributed by atoms with Crippen LogP contribution >= 0.6 is 0 Å². The average molecular weight is 349 g/mol. The maximum absolute atomic E-state index is 14.6. The first-order valence-electron chi connectivity index (χ1n) is 8.70. The molecule has 0 aliphatic rings. The van der Waals surface area contributed by atoms with Gasteiger partial charge in [0.15, 0.2) is 0 Å². The zero-order chi connectivity index (χ0) is 18.4. The Morgan fingerprint density at radius 3 is 2.73 bits per heavy atom. The second-order valence-corrected chi connectivity index (χ2v) is 7.12. The van der Waals surface area contributed by atoms with E-state index in [9.17, 15) is 9.50 Å². The molecule has 0 atom stereocenters. The molecule has 4 rings (SSSR count). The van der Waals surface area contributed by atoms with Crippen molar-refractivity contribution in [3.05, 3.63) is 53.5 Å². The fraction of sp³-hybridized carbons (Fsp3) is 0.238. The molecule has 2 aromatic carbocycles. The summed E-state index contributed by atoms with van der Waals surface area (Å²) in [6, 6.07) is 8.10. The quantitative estimate of drug-likeness (QED) is 0.539. The fourth-order valence-electron chi connectivity index (χ4n) is 3.59. The maximum atomic E-state index is 14.6. The van der Waals surface area contributed by atoms with Crippen molar-refractivity contribution in [2.24, 2.45) is 5.92 Å². The Kier molecular flexibility index (Phi) is 3.87. The van der Waals surface area contributed by atoms with E-state index in [0.29, 0.717) is 17.2 Å². The summed E-state index contributed by atoms with van der Waals surface area (Å²) in [6.45, 7) is 6.34. The molecule has 2 N–H and O–H groups in total. The Labute approximate surface area is 150 Å². The number of aromatic amines is 1. The number of H-pyrrole nitrogens is 1. The van der Waals surface area contributed by atoms with E-state index in [1.54, 1.807) is 6.07 Å². The van der Waals surface area contributed by atoms with Crippen molar-refractivity contribution in [3.8, 4) is 17.0 Å². The third-order valence-corrected chi connectivity index (χ3v) is 4.77. The molecule has 0 unspecified atom stereocenters. The minimum atomic E-state index is -0.467. The van der Waals surface area contributed by atoms with Gasteiger partial charge in [-0.2, -0.15) is 5.10 Å². The molecule has 0 amide bonds. The molecule has 0 aliphatic carbocycles. The number of phenols is 1. The molecule has 0 fully saturated rings. The van der Waals surface area contributed by atoms with E-state index >= 15 is 0 Å². The third kappa shape index (κ3) is 2.60. The van der Waals surface area contributed by atoms with Crippen LogP contribution < -0.4 is 0 Å². The summed E-state index contributed by atoms with van der Waals surface area (Å²) >= 11 is 0. The molecule has 2 heterocycles. The number of aryl methyl sites for hydroxylation is 1. The molecule has 4 aromatic rings. The first-order valence-corrected chi connectivity index (χ1v) is 8.70. The van der Waals surface area contributed by atoms with Crippen molar-refractivity contribution in [3.63, 3.8) is 0 Å². The van der Waals surface area contributed by atoms with Gasteiger partial charge in [-0.1, -0.05) is 13.8 Å². The van der Waals surface area contributed by atoms with Crippen molar-refractivity contribution in [1.29, 1.82) is 0 Å². The second kappa shape index (κ2) is 6.09. The standard InChI is InChI=1S/C21H20FN3O/c1-11(2)8-15-12(3)20-16-10-23-25-18(16)6-7-19(20)24-21(15)14-5-4-13(26)9-17(14)22/h4-7,9-11,26H,8H2,1-3H3,(H,23,25). The highest BCUT2D eigenvalue weighted by atomic mass is 19.1. The largest absolute Gasteiger partial charge is 0.508 e. The van der Waals surface area contributed by atoms with E-state index in [1.165, 1.54) is 6.07 Å². The Morgan fingerprint density at radius 2 is 2.00 bits per heavy atom. The molecule has 132 valence electrons. The number of phenolic OH excluding ortho intramolecular Hbond substituents is 1. The van der Waals surface area contributed by atoms with E-state index < -0.39 is 5.82 Å². The Bertz CT molecular complexity index is 1130. The number of nitrogens with zero attached hydrogens (tertiary/aromatic N) is 2. The van der Waals surface area contributed by atoms with E-state index in [4.69, 9.17) is 4.98 Å². The van der Waals surface area contributed by atoms with Crippen LogP contribution in [-0.4, -0.2) is 20.3 Å². The Morgan fingerprint density at radius 1 is 1.19 bits per heavy atom. The summed E-state index contributed by atoms with van der Waals surface area (Å²) < 4.78 is 14.6. The average Bonchev–Trinajstić information content (AvgIpc) is 3.05. The summed E-state index contributed by atoms with van der Waals surface area (Å²) in [5.41, 5.74) is 4.96. The molecular weight excluding hydrogens is 329 g/mol. The molecule has 0 saturated carbocycles. The maximum Gasteiger partial charge on any atom is 0.136 e. The van der Waals surface area contributed by atoms with Gasteiger partial charge in [0.1, 0.15) is 11.6 Å². The van der Waals surface area contributed by atoms with Crippen molar-refractivity contribution >= 4 is 21.8 Å². The normalized spacial score (nSPS) is 11.7. The number of halogens is 1. The predicted molar refractivity (Wildman–Crippen MR) is 102 cm³/mol. The topological polar surface area (TPSA) is 61.8 Å². The van der Waals surface area contributed by atoms with Gasteiger partial charge in [-0.25, -0.2) is 9.37 Å². The van der Waals surface area contributed by atoms with Gasteiger partial charge in [0.05, 0.1) is 22.9 Å². The van der Waals surface area contributed by atoms with E-state index in [0.717, 1.165) is 45.4 Å². The Balaban J connectivity index is 2.09. The van der Waals surface area contributed by atoms with Crippen LogP contribution in [0.2, 0.25) is 0 Å². The number of rotatable bonds is 3. The lowest BCUT2D eigenvalue weighted by molar-refractivity contribution is 0.469. The van der Waals surface area contributed by atoms with Gasteiger partial charge in [-0.3, -0.25) is 5.10 Å². The SMILES string of the molecule is Cc1c(CC(C)C)c(-c2ccc(O)cc2F)nc2ccc3[nH]ncc3c12. The molecule has 0 spiro atoms. The highest BCUT2D eigenvalue weighted by molar-refractivity contribution is 6.07. The van der Waals surface area contributed by atoms with Crippen LogP contribution in [0.15, 0.2) is 36.5 Å². The van der Waals surface area contributed by atoms with E-state index in [2.05, 4.69) is 31.0 Å². The van der Waals surface area contributed by atoms with Gasteiger partial charge in [0.2, 0.25) is 0 Å². The Hall–Kier alpha value is -2.95. The highest BCUT2D eigenvalue weighted by Crippen LogP contribution is 2.36. The molecule has 0 saturated heterocycles. The smallest absolute Gasteiger partial charge is 0.136 e. The van der Waals surface area contributed by atoms with Crippen LogP contribution in [-0.2, 0) is 6.42 Å². The first-order chi connectivity index (χ1) is 12.5. The molecular formula is C21H20FN3O. The van der Waals surface area contributed by atoms with Gasteiger partial charge in [-0.15, -0.1) is 0 Å². The molecule has 0 radical (unpaired) electrons. The first kappa shape index (κ1) is 16.5. The van der Waals surface area contributed by atoms with E-state index in [-0.39, 0.29) is 5.75 Å². The van der Waals surface area contributed by atoms with Crippen molar-refractivity contribution in [2.75, 3.05) is 0 Å². The van der Waals surface area contributed by atoms with E-state index in [1.807, 2.05) is 18.3 Å². The number of hydrogen-bond acceptors (Lipinski definition) is 3. The second-order valence-electron chi connectivity index (χ2n) is 7.12. The molecule has 0 bridgehead atoms. The minimum absolute atomic E-state index is 0.0886. The number of aromatic nitrogens is 3. The van der Waals surface area contributed by atoms with Gasteiger partial charge in [0, 0.05) is 22.4 Å². The lowest BCUT2D eigenvalue weighted by atomic mass is 9.90. The summed E-state index contributed by atoms with van der Waals surface area (Å²) in [5.74, 6) is -0.157. The van der Waals surface area contributed by atoms with Crippen molar-refractivity contribution in [1.82, 2.24) is 15.2 Å². The summed E-state index contributed by atoms with van der Waals surface area (Å²) in [5, 5.41) is 18.8. The molecule has 0 aliphatic heterocycles. The minimum Gasteiger partial charge on any atom is -0.508 e. The lowest BCUT2D eigenvalue weighted by Gasteiger charge is -2.17. The third-order valence-electron chi connectivity index (χ3n) is 4.77. The van der Waals surface area contributed by atoms with Gasteiger partial charge in [0.25, 0.3) is 0 Å². The summed E-state index contributed by atoms with van der Waals surface area (Å²) in [4.78, 5) is 4.82. The van der Waals surface area contributed by atoms with Crippen LogP contribution in [0, 0.1) is 18.7 Å². The van der Waals surface area contributed by atoms with Gasteiger partial charge >= 0.3 is 0 Å². The van der Waals surface area contributed by atoms with Crippen LogP contribution in [0.4, 0.5) is 4.39 Å². The van der Waals surface area contributed by atoms with Gasteiger partial charge < -0.3 is 5.11 Å². The number of fused-ring (bicyclic) bond motifs is 3. The number of aromatic hydroxyl groups is 1. The monoisotopic (exact) mass is 349 g/mol. The molecule has 4 nitrogen and oxygen atoms in total. The molecule has 5 heteroatoms. The van der Waals surface area contributed by atoms with Crippen molar-refractivity contribution in [2.45, 2.75) is 27.2 Å². The lowest BCUT2D eigenvalue weighted by Crippen LogP contribution is -2.04. The molecule has 26 heavy (non-hydrogen) atoms. The zero-order valence-electron chi connectivity index (χ0n) is 15.0. The van der Waals surface area contributed by atoms with Gasteiger partial charge in [-0.05, 0) is 54.7 Å². The van der Waals surface area contributed by atoms with Crippen LogP contribution in [0.1, 0.15) is 25.0 Å². The number of nitrogens with one attached hydrogen (secondary N) is 1. The number of pyridine rings is 1. The fourth-order valence-corrected chi connectivity index (χ4v) is 3.59. The number of benzene rings is 2. The highest BCUT2D eigenvalue weighted by Gasteiger charge is 2.19. The van der Waals surface area contributed by atoms with Crippen molar-refractivity contribution < 1.29 is 9.50 Å².